The van der Waals surface area contributed by atoms with Gasteiger partial charge in [-0.3, -0.25) is 9.59 Å². The molecule has 2 unspecified atom stereocenters. The molecule has 2 fully saturated rings. The highest BCUT2D eigenvalue weighted by Gasteiger charge is 2.27. The molecule has 0 bridgehead atoms. The molecule has 102 valence electrons. The van der Waals surface area contributed by atoms with Gasteiger partial charge in [-0.25, -0.2) is 0 Å². The number of nitrogens with one attached hydrogen (secondary N) is 2. The SMILES string of the molecule is CC1CN(C(=O)CN2CCNCC2=O)CC(C)N1. The van der Waals surface area contributed by atoms with Gasteiger partial charge in [0, 0.05) is 38.3 Å². The highest BCUT2D eigenvalue weighted by Crippen LogP contribution is 2.06. The number of nitrogens with zero attached hydrogens (tertiary/aromatic N) is 2. The summed E-state index contributed by atoms with van der Waals surface area (Å²) in [5.41, 5.74) is 0. The van der Waals surface area contributed by atoms with Crippen molar-refractivity contribution in [3.8, 4) is 0 Å². The van der Waals surface area contributed by atoms with Gasteiger partial charge in [0.1, 0.15) is 0 Å². The lowest BCUT2D eigenvalue weighted by Gasteiger charge is -2.37. The van der Waals surface area contributed by atoms with Gasteiger partial charge in [0.15, 0.2) is 0 Å². The summed E-state index contributed by atoms with van der Waals surface area (Å²) in [4.78, 5) is 27.3. The van der Waals surface area contributed by atoms with Gasteiger partial charge in [-0.2, -0.15) is 0 Å². The van der Waals surface area contributed by atoms with E-state index >= 15 is 0 Å². The molecule has 0 aromatic rings. The van der Waals surface area contributed by atoms with Crippen LogP contribution in [0.3, 0.4) is 0 Å². The summed E-state index contributed by atoms with van der Waals surface area (Å²) in [5.74, 6) is 0.0799. The molecule has 0 saturated carbocycles. The van der Waals surface area contributed by atoms with E-state index < -0.39 is 0 Å². The molecule has 18 heavy (non-hydrogen) atoms. The first-order chi connectivity index (χ1) is 8.56. The summed E-state index contributed by atoms with van der Waals surface area (Å²) >= 11 is 0. The fourth-order valence-corrected chi connectivity index (χ4v) is 2.61. The van der Waals surface area contributed by atoms with Crippen molar-refractivity contribution in [3.63, 3.8) is 0 Å². The maximum Gasteiger partial charge on any atom is 0.242 e. The molecule has 2 heterocycles. The summed E-state index contributed by atoms with van der Waals surface area (Å²) in [5, 5.41) is 6.40. The number of piperazine rings is 2. The van der Waals surface area contributed by atoms with Gasteiger partial charge in [-0.1, -0.05) is 0 Å². The molecule has 6 heteroatoms. The van der Waals surface area contributed by atoms with Crippen LogP contribution >= 0.6 is 0 Å². The molecular formula is C12H22N4O2. The highest BCUT2D eigenvalue weighted by molar-refractivity contribution is 5.86. The van der Waals surface area contributed by atoms with Crippen LogP contribution in [-0.2, 0) is 9.59 Å². The van der Waals surface area contributed by atoms with Crippen LogP contribution in [0.25, 0.3) is 0 Å². The van der Waals surface area contributed by atoms with Gasteiger partial charge in [0.25, 0.3) is 0 Å². The fourth-order valence-electron chi connectivity index (χ4n) is 2.61. The minimum Gasteiger partial charge on any atom is -0.338 e. The van der Waals surface area contributed by atoms with Crippen molar-refractivity contribution in [1.82, 2.24) is 20.4 Å². The summed E-state index contributed by atoms with van der Waals surface area (Å²) in [6.07, 6.45) is 0. The number of carbonyl (C=O) groups excluding carboxylic acids is 2. The van der Waals surface area contributed by atoms with Crippen LogP contribution < -0.4 is 10.6 Å². The Kier molecular flexibility index (Phi) is 4.19. The quantitative estimate of drug-likeness (QED) is 0.638. The van der Waals surface area contributed by atoms with E-state index in [0.29, 0.717) is 25.2 Å². The van der Waals surface area contributed by atoms with E-state index in [1.54, 1.807) is 4.90 Å². The van der Waals surface area contributed by atoms with Crippen molar-refractivity contribution in [2.24, 2.45) is 0 Å². The molecule has 0 aliphatic carbocycles. The first kappa shape index (κ1) is 13.3. The topological polar surface area (TPSA) is 64.7 Å². The second-order valence-electron chi connectivity index (χ2n) is 5.26. The van der Waals surface area contributed by atoms with E-state index in [1.165, 1.54) is 0 Å². The lowest BCUT2D eigenvalue weighted by Crippen LogP contribution is -2.58. The average molecular weight is 254 g/mol. The first-order valence-corrected chi connectivity index (χ1v) is 6.58. The van der Waals surface area contributed by atoms with E-state index in [9.17, 15) is 9.59 Å². The lowest BCUT2D eigenvalue weighted by molar-refractivity contribution is -0.142. The standard InChI is InChI=1S/C12H22N4O2/c1-9-6-16(7-10(2)14-9)12(18)8-15-4-3-13-5-11(15)17/h9-10,13-14H,3-8H2,1-2H3. The number of hydrogen-bond donors (Lipinski definition) is 2. The Morgan fingerprint density at radius 1 is 1.33 bits per heavy atom. The zero-order valence-corrected chi connectivity index (χ0v) is 11.1. The van der Waals surface area contributed by atoms with Crippen molar-refractivity contribution in [2.45, 2.75) is 25.9 Å². The Balaban J connectivity index is 1.88. The van der Waals surface area contributed by atoms with Crippen LogP contribution in [0.4, 0.5) is 0 Å². The zero-order chi connectivity index (χ0) is 13.1. The van der Waals surface area contributed by atoms with E-state index in [0.717, 1.165) is 19.6 Å². The van der Waals surface area contributed by atoms with Crippen LogP contribution in [0.5, 0.6) is 0 Å². The average Bonchev–Trinajstić information content (AvgIpc) is 2.31. The van der Waals surface area contributed by atoms with E-state index in [4.69, 9.17) is 0 Å². The molecule has 6 nitrogen and oxygen atoms in total. The normalized spacial score (nSPS) is 29.6. The molecular weight excluding hydrogens is 232 g/mol. The summed E-state index contributed by atoms with van der Waals surface area (Å²) < 4.78 is 0. The van der Waals surface area contributed by atoms with Gasteiger partial charge in [-0.15, -0.1) is 0 Å². The minimum absolute atomic E-state index is 0.0193. The van der Waals surface area contributed by atoms with Crippen molar-refractivity contribution in [3.05, 3.63) is 0 Å². The van der Waals surface area contributed by atoms with Crippen LogP contribution in [-0.4, -0.2) is 73.0 Å². The minimum atomic E-state index is 0.0193. The van der Waals surface area contributed by atoms with Gasteiger partial charge >= 0.3 is 0 Å². The van der Waals surface area contributed by atoms with Crippen molar-refractivity contribution < 1.29 is 9.59 Å². The Morgan fingerprint density at radius 2 is 2.00 bits per heavy atom. The van der Waals surface area contributed by atoms with Gasteiger partial charge in [0.05, 0.1) is 13.1 Å². The number of rotatable bonds is 2. The maximum absolute atomic E-state index is 12.2. The summed E-state index contributed by atoms with van der Waals surface area (Å²) in [7, 11) is 0. The number of amides is 2. The van der Waals surface area contributed by atoms with Gasteiger partial charge in [0.2, 0.25) is 11.8 Å². The molecule has 2 saturated heterocycles. The Labute approximate surface area is 108 Å². The fraction of sp³-hybridized carbons (Fsp3) is 0.833. The second kappa shape index (κ2) is 5.67. The molecule has 0 spiro atoms. The number of hydrogen-bond acceptors (Lipinski definition) is 4. The molecule has 0 aromatic carbocycles. The van der Waals surface area contributed by atoms with E-state index in [-0.39, 0.29) is 18.4 Å². The van der Waals surface area contributed by atoms with Gasteiger partial charge in [-0.05, 0) is 13.8 Å². The zero-order valence-electron chi connectivity index (χ0n) is 11.1. The predicted octanol–water partition coefficient (Wildman–Crippen LogP) is -1.37. The van der Waals surface area contributed by atoms with E-state index in [1.807, 2.05) is 4.90 Å². The molecule has 2 rings (SSSR count). The molecule has 2 N–H and O–H groups in total. The molecule has 2 aliphatic rings. The Bertz CT molecular complexity index is 324. The molecule has 2 amide bonds. The third-order valence-electron chi connectivity index (χ3n) is 3.42. The van der Waals surface area contributed by atoms with Crippen LogP contribution in [0.1, 0.15) is 13.8 Å². The monoisotopic (exact) mass is 254 g/mol. The lowest BCUT2D eigenvalue weighted by atomic mass is 10.1. The van der Waals surface area contributed by atoms with Crippen molar-refractivity contribution in [1.29, 1.82) is 0 Å². The first-order valence-electron chi connectivity index (χ1n) is 6.58. The third kappa shape index (κ3) is 3.20. The summed E-state index contributed by atoms with van der Waals surface area (Å²) in [6, 6.07) is 0.632. The van der Waals surface area contributed by atoms with Crippen LogP contribution in [0.15, 0.2) is 0 Å². The van der Waals surface area contributed by atoms with Crippen molar-refractivity contribution >= 4 is 11.8 Å². The largest absolute Gasteiger partial charge is 0.338 e. The highest BCUT2D eigenvalue weighted by atomic mass is 16.2. The molecule has 0 aromatic heterocycles. The third-order valence-corrected chi connectivity index (χ3v) is 3.42. The Hall–Kier alpha value is -1.14. The molecule has 2 aliphatic heterocycles. The number of carbonyl (C=O) groups is 2. The Morgan fingerprint density at radius 3 is 2.61 bits per heavy atom. The second-order valence-corrected chi connectivity index (χ2v) is 5.26. The maximum atomic E-state index is 12.2. The van der Waals surface area contributed by atoms with Crippen LogP contribution in [0.2, 0.25) is 0 Å². The molecule has 0 radical (unpaired) electrons. The predicted molar refractivity (Wildman–Crippen MR) is 68.1 cm³/mol. The van der Waals surface area contributed by atoms with Crippen LogP contribution in [0, 0.1) is 0 Å². The molecule has 2 atom stereocenters. The van der Waals surface area contributed by atoms with Gasteiger partial charge < -0.3 is 20.4 Å². The smallest absolute Gasteiger partial charge is 0.242 e. The van der Waals surface area contributed by atoms with E-state index in [2.05, 4.69) is 24.5 Å². The summed E-state index contributed by atoms with van der Waals surface area (Å²) in [6.45, 7) is 7.57. The van der Waals surface area contributed by atoms with Crippen molar-refractivity contribution in [2.75, 3.05) is 39.3 Å².